The molecule has 0 radical (unpaired) electrons. The van der Waals surface area contributed by atoms with Gasteiger partial charge in [-0.15, -0.1) is 0 Å². The van der Waals surface area contributed by atoms with Gasteiger partial charge in [-0.2, -0.15) is 0 Å². The molecular formula is C14H11FO2. The van der Waals surface area contributed by atoms with Crippen molar-refractivity contribution in [3.63, 3.8) is 0 Å². The summed E-state index contributed by atoms with van der Waals surface area (Å²) in [5.74, 6) is -0.0672. The van der Waals surface area contributed by atoms with Crippen LogP contribution in [0.5, 0.6) is 11.5 Å². The van der Waals surface area contributed by atoms with Gasteiger partial charge in [-0.25, -0.2) is 4.39 Å². The molecule has 0 atom stereocenters. The zero-order valence-corrected chi connectivity index (χ0v) is 9.31. The number of aldehydes is 1. The third kappa shape index (κ3) is 2.50. The maximum absolute atomic E-state index is 13.5. The minimum Gasteiger partial charge on any atom is -0.454 e. The van der Waals surface area contributed by atoms with Gasteiger partial charge in [-0.3, -0.25) is 4.79 Å². The summed E-state index contributed by atoms with van der Waals surface area (Å²) in [6.45, 7) is 1.91. The van der Waals surface area contributed by atoms with E-state index in [-0.39, 0.29) is 11.3 Å². The van der Waals surface area contributed by atoms with Gasteiger partial charge in [-0.05, 0) is 36.8 Å². The monoisotopic (exact) mass is 230 g/mol. The molecular weight excluding hydrogens is 219 g/mol. The quantitative estimate of drug-likeness (QED) is 0.751. The minimum absolute atomic E-state index is 0.0342. The summed E-state index contributed by atoms with van der Waals surface area (Å²) in [6, 6.07) is 11.5. The number of hydrogen-bond donors (Lipinski definition) is 0. The molecule has 0 heterocycles. The third-order valence-electron chi connectivity index (χ3n) is 2.33. The second kappa shape index (κ2) is 4.78. The van der Waals surface area contributed by atoms with Crippen LogP contribution in [0.25, 0.3) is 0 Å². The number of halogens is 1. The normalized spacial score (nSPS) is 10.0. The lowest BCUT2D eigenvalue weighted by atomic mass is 10.2. The molecule has 17 heavy (non-hydrogen) atoms. The van der Waals surface area contributed by atoms with Crippen LogP contribution in [0, 0.1) is 12.7 Å². The van der Waals surface area contributed by atoms with E-state index in [9.17, 15) is 9.18 Å². The van der Waals surface area contributed by atoms with Crippen LogP contribution in [0.4, 0.5) is 4.39 Å². The van der Waals surface area contributed by atoms with Crippen molar-refractivity contribution in [2.75, 3.05) is 0 Å². The van der Waals surface area contributed by atoms with Crippen LogP contribution in [-0.4, -0.2) is 6.29 Å². The van der Waals surface area contributed by atoms with Crippen molar-refractivity contribution in [3.05, 3.63) is 59.4 Å². The lowest BCUT2D eigenvalue weighted by Gasteiger charge is -2.09. The van der Waals surface area contributed by atoms with Gasteiger partial charge in [0.1, 0.15) is 5.75 Å². The molecule has 0 bridgehead atoms. The summed E-state index contributed by atoms with van der Waals surface area (Å²) in [6.07, 6.45) is 0.578. The Balaban J connectivity index is 2.39. The highest BCUT2D eigenvalue weighted by atomic mass is 19.1. The largest absolute Gasteiger partial charge is 0.454 e. The molecule has 0 spiro atoms. The molecule has 0 aliphatic heterocycles. The predicted molar refractivity (Wildman–Crippen MR) is 63.0 cm³/mol. The molecule has 0 aliphatic carbocycles. The second-order valence-corrected chi connectivity index (χ2v) is 3.69. The summed E-state index contributed by atoms with van der Waals surface area (Å²) in [7, 11) is 0. The molecule has 2 aromatic rings. The SMILES string of the molecule is Cc1cccc(Oc2c(F)cccc2C=O)c1. The number of aryl methyl sites for hydroxylation is 1. The molecule has 0 saturated heterocycles. The average molecular weight is 230 g/mol. The van der Waals surface area contributed by atoms with Gasteiger partial charge in [0.25, 0.3) is 0 Å². The molecule has 0 aromatic heterocycles. The first-order valence-electron chi connectivity index (χ1n) is 5.19. The van der Waals surface area contributed by atoms with Crippen LogP contribution in [0.3, 0.4) is 0 Å². The Morgan fingerprint density at radius 3 is 2.65 bits per heavy atom. The molecule has 0 unspecified atom stereocenters. The first-order chi connectivity index (χ1) is 8.20. The topological polar surface area (TPSA) is 26.3 Å². The van der Waals surface area contributed by atoms with Gasteiger partial charge in [0.2, 0.25) is 0 Å². The second-order valence-electron chi connectivity index (χ2n) is 3.69. The van der Waals surface area contributed by atoms with Crippen molar-refractivity contribution in [1.29, 1.82) is 0 Å². The number of rotatable bonds is 3. The van der Waals surface area contributed by atoms with Crippen molar-refractivity contribution < 1.29 is 13.9 Å². The summed E-state index contributed by atoms with van der Waals surface area (Å²) in [4.78, 5) is 10.8. The first-order valence-corrected chi connectivity index (χ1v) is 5.19. The zero-order chi connectivity index (χ0) is 12.3. The van der Waals surface area contributed by atoms with E-state index < -0.39 is 5.82 Å². The molecule has 0 N–H and O–H groups in total. The van der Waals surface area contributed by atoms with Gasteiger partial charge in [0.15, 0.2) is 17.9 Å². The van der Waals surface area contributed by atoms with Gasteiger partial charge in [0, 0.05) is 0 Å². The highest BCUT2D eigenvalue weighted by Crippen LogP contribution is 2.27. The van der Waals surface area contributed by atoms with Crippen LogP contribution in [0.1, 0.15) is 15.9 Å². The molecule has 2 aromatic carbocycles. The number of carbonyl (C=O) groups is 1. The summed E-state index contributed by atoms with van der Waals surface area (Å²) < 4.78 is 18.9. The summed E-state index contributed by atoms with van der Waals surface area (Å²) in [5.41, 5.74) is 1.21. The van der Waals surface area contributed by atoms with Crippen molar-refractivity contribution in [2.45, 2.75) is 6.92 Å². The lowest BCUT2D eigenvalue weighted by Crippen LogP contribution is -1.94. The summed E-state index contributed by atoms with van der Waals surface area (Å²) >= 11 is 0. The van der Waals surface area contributed by atoms with E-state index in [1.807, 2.05) is 19.1 Å². The molecule has 2 nitrogen and oxygen atoms in total. The van der Waals surface area contributed by atoms with Gasteiger partial charge in [0.05, 0.1) is 5.56 Å². The van der Waals surface area contributed by atoms with Crippen LogP contribution in [-0.2, 0) is 0 Å². The summed E-state index contributed by atoms with van der Waals surface area (Å²) in [5, 5.41) is 0. The van der Waals surface area contributed by atoms with E-state index in [4.69, 9.17) is 4.74 Å². The van der Waals surface area contributed by atoms with E-state index in [0.717, 1.165) is 5.56 Å². The number of hydrogen-bond acceptors (Lipinski definition) is 2. The van der Waals surface area contributed by atoms with Crippen LogP contribution < -0.4 is 4.74 Å². The molecule has 0 fully saturated rings. The van der Waals surface area contributed by atoms with Gasteiger partial charge < -0.3 is 4.74 Å². The Kier molecular flexibility index (Phi) is 3.19. The van der Waals surface area contributed by atoms with Crippen molar-refractivity contribution >= 4 is 6.29 Å². The molecule has 86 valence electrons. The highest BCUT2D eigenvalue weighted by molar-refractivity contribution is 5.79. The Hall–Kier alpha value is -2.16. The van der Waals surface area contributed by atoms with Crippen molar-refractivity contribution in [1.82, 2.24) is 0 Å². The smallest absolute Gasteiger partial charge is 0.173 e. The Labute approximate surface area is 98.7 Å². The molecule has 0 saturated carbocycles. The standard InChI is InChI=1S/C14H11FO2/c1-10-4-2-6-12(8-10)17-14-11(9-16)5-3-7-13(14)15/h2-9H,1H3. The molecule has 0 amide bonds. The number of ether oxygens (including phenoxy) is 1. The Morgan fingerprint density at radius 1 is 1.18 bits per heavy atom. The van der Waals surface area contributed by atoms with E-state index in [1.54, 1.807) is 12.1 Å². The zero-order valence-electron chi connectivity index (χ0n) is 9.31. The number of carbonyl (C=O) groups excluding carboxylic acids is 1. The van der Waals surface area contributed by atoms with E-state index in [2.05, 4.69) is 0 Å². The minimum atomic E-state index is -0.545. The fraction of sp³-hybridized carbons (Fsp3) is 0.0714. The van der Waals surface area contributed by atoms with E-state index in [1.165, 1.54) is 18.2 Å². The van der Waals surface area contributed by atoms with Crippen LogP contribution in [0.2, 0.25) is 0 Å². The molecule has 3 heteroatoms. The maximum atomic E-state index is 13.5. The third-order valence-corrected chi connectivity index (χ3v) is 2.33. The predicted octanol–water partition coefficient (Wildman–Crippen LogP) is 3.74. The number of benzene rings is 2. The fourth-order valence-electron chi connectivity index (χ4n) is 1.52. The molecule has 2 rings (SSSR count). The maximum Gasteiger partial charge on any atom is 0.173 e. The average Bonchev–Trinajstić information content (AvgIpc) is 2.32. The van der Waals surface area contributed by atoms with E-state index in [0.29, 0.717) is 12.0 Å². The number of para-hydroxylation sites is 1. The van der Waals surface area contributed by atoms with E-state index >= 15 is 0 Å². The first kappa shape index (κ1) is 11.3. The van der Waals surface area contributed by atoms with Crippen molar-refractivity contribution in [3.8, 4) is 11.5 Å². The van der Waals surface area contributed by atoms with Crippen molar-refractivity contribution in [2.24, 2.45) is 0 Å². The van der Waals surface area contributed by atoms with Crippen LogP contribution in [0.15, 0.2) is 42.5 Å². The van der Waals surface area contributed by atoms with Crippen LogP contribution >= 0.6 is 0 Å². The Morgan fingerprint density at radius 2 is 1.94 bits per heavy atom. The lowest BCUT2D eigenvalue weighted by molar-refractivity contribution is 0.112. The van der Waals surface area contributed by atoms with Gasteiger partial charge >= 0.3 is 0 Å². The Bertz CT molecular complexity index is 550. The fourth-order valence-corrected chi connectivity index (χ4v) is 1.52. The molecule has 0 aliphatic rings. The van der Waals surface area contributed by atoms with Gasteiger partial charge in [-0.1, -0.05) is 18.2 Å². The highest BCUT2D eigenvalue weighted by Gasteiger charge is 2.10.